The molecular weight excluding hydrogens is 273 g/mol. The minimum absolute atomic E-state index is 0.00238. The summed E-state index contributed by atoms with van der Waals surface area (Å²) in [5.74, 6) is -0.254. The molecule has 1 aliphatic heterocycles. The number of likely N-dealkylation sites (tertiary alicyclic amines) is 1. The molecule has 1 aliphatic rings. The van der Waals surface area contributed by atoms with Crippen molar-refractivity contribution in [2.24, 2.45) is 0 Å². The Morgan fingerprint density at radius 1 is 1.33 bits per heavy atom. The average Bonchev–Trinajstić information content (AvgIpc) is 2.85. The van der Waals surface area contributed by atoms with Crippen molar-refractivity contribution in [3.05, 3.63) is 35.6 Å². The summed E-state index contributed by atoms with van der Waals surface area (Å²) in [5, 5.41) is 0. The molecular formula is C16H22FNO3. The van der Waals surface area contributed by atoms with E-state index in [4.69, 9.17) is 9.47 Å². The van der Waals surface area contributed by atoms with Gasteiger partial charge < -0.3 is 14.4 Å². The largest absolute Gasteiger partial charge is 0.444 e. The predicted octanol–water partition coefficient (Wildman–Crippen LogP) is 3.35. The van der Waals surface area contributed by atoms with Gasteiger partial charge in [-0.2, -0.15) is 0 Å². The van der Waals surface area contributed by atoms with Crippen LogP contribution in [0.25, 0.3) is 0 Å². The molecule has 0 saturated carbocycles. The minimum Gasteiger partial charge on any atom is -0.444 e. The molecule has 1 atom stereocenters. The Labute approximate surface area is 124 Å². The van der Waals surface area contributed by atoms with Gasteiger partial charge in [-0.15, -0.1) is 0 Å². The third-order valence-corrected chi connectivity index (χ3v) is 3.20. The van der Waals surface area contributed by atoms with Gasteiger partial charge in [-0.1, -0.05) is 12.1 Å². The summed E-state index contributed by atoms with van der Waals surface area (Å²) in [6, 6.07) is 6.24. The fourth-order valence-corrected chi connectivity index (χ4v) is 2.15. The van der Waals surface area contributed by atoms with Crippen molar-refractivity contribution in [2.45, 2.75) is 45.5 Å². The van der Waals surface area contributed by atoms with E-state index in [1.54, 1.807) is 17.0 Å². The highest BCUT2D eigenvalue weighted by Gasteiger charge is 2.30. The Balaban J connectivity index is 1.77. The predicted molar refractivity (Wildman–Crippen MR) is 77.4 cm³/mol. The number of rotatable bonds is 3. The van der Waals surface area contributed by atoms with E-state index in [0.717, 1.165) is 12.0 Å². The topological polar surface area (TPSA) is 38.8 Å². The number of amides is 1. The molecule has 1 saturated heterocycles. The molecule has 0 N–H and O–H groups in total. The standard InChI is InChI=1S/C16H22FNO3/c1-16(2,3)21-15(19)18-9-8-14(10-18)20-11-12-4-6-13(17)7-5-12/h4-7,14H,8-11H2,1-3H3/t14-/m1/s1. The molecule has 0 aromatic heterocycles. The number of ether oxygens (including phenoxy) is 2. The molecule has 1 fully saturated rings. The van der Waals surface area contributed by atoms with Crippen molar-refractivity contribution >= 4 is 6.09 Å². The fourth-order valence-electron chi connectivity index (χ4n) is 2.15. The van der Waals surface area contributed by atoms with E-state index in [1.807, 2.05) is 20.8 Å². The van der Waals surface area contributed by atoms with Crippen LogP contribution in [0.5, 0.6) is 0 Å². The fraction of sp³-hybridized carbons (Fsp3) is 0.562. The van der Waals surface area contributed by atoms with Crippen LogP contribution in [0.2, 0.25) is 0 Å². The second-order valence-electron chi connectivity index (χ2n) is 6.27. The lowest BCUT2D eigenvalue weighted by molar-refractivity contribution is 0.0184. The first-order chi connectivity index (χ1) is 9.83. The van der Waals surface area contributed by atoms with E-state index < -0.39 is 5.60 Å². The van der Waals surface area contributed by atoms with Gasteiger partial charge in [-0.3, -0.25) is 0 Å². The Morgan fingerprint density at radius 3 is 2.62 bits per heavy atom. The smallest absolute Gasteiger partial charge is 0.410 e. The van der Waals surface area contributed by atoms with Crippen LogP contribution in [0.3, 0.4) is 0 Å². The number of carbonyl (C=O) groups excluding carboxylic acids is 1. The summed E-state index contributed by atoms with van der Waals surface area (Å²) in [6.45, 7) is 7.16. The first-order valence-electron chi connectivity index (χ1n) is 7.17. The number of hydrogen-bond donors (Lipinski definition) is 0. The summed E-state index contributed by atoms with van der Waals surface area (Å²) in [7, 11) is 0. The third kappa shape index (κ3) is 5.01. The van der Waals surface area contributed by atoms with Crippen molar-refractivity contribution in [1.29, 1.82) is 0 Å². The van der Waals surface area contributed by atoms with Crippen LogP contribution >= 0.6 is 0 Å². The van der Waals surface area contributed by atoms with Gasteiger partial charge in [0.05, 0.1) is 19.3 Å². The van der Waals surface area contributed by atoms with Crippen molar-refractivity contribution < 1.29 is 18.7 Å². The molecule has 4 nitrogen and oxygen atoms in total. The monoisotopic (exact) mass is 295 g/mol. The van der Waals surface area contributed by atoms with Crippen LogP contribution in [-0.2, 0) is 16.1 Å². The van der Waals surface area contributed by atoms with E-state index in [0.29, 0.717) is 19.7 Å². The van der Waals surface area contributed by atoms with E-state index in [9.17, 15) is 9.18 Å². The zero-order chi connectivity index (χ0) is 15.5. The Kier molecular flexibility index (Phi) is 4.83. The molecule has 5 heteroatoms. The van der Waals surface area contributed by atoms with E-state index in [2.05, 4.69) is 0 Å². The molecule has 116 valence electrons. The zero-order valence-corrected chi connectivity index (χ0v) is 12.8. The van der Waals surface area contributed by atoms with Crippen LogP contribution in [0.15, 0.2) is 24.3 Å². The van der Waals surface area contributed by atoms with Crippen molar-refractivity contribution in [3.8, 4) is 0 Å². The Hall–Kier alpha value is -1.62. The molecule has 1 heterocycles. The highest BCUT2D eigenvalue weighted by atomic mass is 19.1. The lowest BCUT2D eigenvalue weighted by Gasteiger charge is -2.24. The van der Waals surface area contributed by atoms with Gasteiger partial charge in [0.1, 0.15) is 11.4 Å². The molecule has 0 aliphatic carbocycles. The van der Waals surface area contributed by atoms with Gasteiger partial charge in [0.2, 0.25) is 0 Å². The highest BCUT2D eigenvalue weighted by molar-refractivity contribution is 5.68. The number of benzene rings is 1. The normalized spacial score (nSPS) is 18.9. The van der Waals surface area contributed by atoms with Gasteiger partial charge in [-0.05, 0) is 44.9 Å². The van der Waals surface area contributed by atoms with Crippen LogP contribution in [0.4, 0.5) is 9.18 Å². The Morgan fingerprint density at radius 2 is 2.00 bits per heavy atom. The molecule has 0 spiro atoms. The second kappa shape index (κ2) is 6.43. The summed E-state index contributed by atoms with van der Waals surface area (Å²) in [5.41, 5.74) is 0.441. The molecule has 0 radical (unpaired) electrons. The van der Waals surface area contributed by atoms with Crippen LogP contribution in [0, 0.1) is 5.82 Å². The van der Waals surface area contributed by atoms with Crippen molar-refractivity contribution in [3.63, 3.8) is 0 Å². The molecule has 0 bridgehead atoms. The summed E-state index contributed by atoms with van der Waals surface area (Å²) < 4.78 is 23.9. The number of carbonyl (C=O) groups is 1. The quantitative estimate of drug-likeness (QED) is 0.858. The zero-order valence-electron chi connectivity index (χ0n) is 12.8. The molecule has 1 aromatic rings. The van der Waals surface area contributed by atoms with Gasteiger partial charge >= 0.3 is 6.09 Å². The first kappa shape index (κ1) is 15.8. The van der Waals surface area contributed by atoms with Gasteiger partial charge in [-0.25, -0.2) is 9.18 Å². The maximum Gasteiger partial charge on any atom is 0.410 e. The van der Waals surface area contributed by atoms with Gasteiger partial charge in [0.15, 0.2) is 0 Å². The molecule has 1 aromatic carbocycles. The van der Waals surface area contributed by atoms with E-state index >= 15 is 0 Å². The van der Waals surface area contributed by atoms with Crippen LogP contribution in [0.1, 0.15) is 32.8 Å². The summed E-state index contributed by atoms with van der Waals surface area (Å²) >= 11 is 0. The number of halogens is 1. The van der Waals surface area contributed by atoms with Gasteiger partial charge in [0, 0.05) is 6.54 Å². The maximum absolute atomic E-state index is 12.8. The van der Waals surface area contributed by atoms with Crippen LogP contribution in [-0.4, -0.2) is 35.8 Å². The molecule has 0 unspecified atom stereocenters. The SMILES string of the molecule is CC(C)(C)OC(=O)N1CC[C@@H](OCc2ccc(F)cc2)C1. The van der Waals surface area contributed by atoms with Gasteiger partial charge in [0.25, 0.3) is 0 Å². The molecule has 21 heavy (non-hydrogen) atoms. The molecule has 1 amide bonds. The van der Waals surface area contributed by atoms with Crippen molar-refractivity contribution in [2.75, 3.05) is 13.1 Å². The summed E-state index contributed by atoms with van der Waals surface area (Å²) in [6.07, 6.45) is 0.499. The lowest BCUT2D eigenvalue weighted by atomic mass is 10.2. The highest BCUT2D eigenvalue weighted by Crippen LogP contribution is 2.18. The minimum atomic E-state index is -0.482. The second-order valence-corrected chi connectivity index (χ2v) is 6.27. The van der Waals surface area contributed by atoms with E-state index in [-0.39, 0.29) is 18.0 Å². The number of nitrogens with zero attached hydrogens (tertiary/aromatic N) is 1. The first-order valence-corrected chi connectivity index (χ1v) is 7.17. The van der Waals surface area contributed by atoms with Crippen LogP contribution < -0.4 is 0 Å². The third-order valence-electron chi connectivity index (χ3n) is 3.20. The summed E-state index contributed by atoms with van der Waals surface area (Å²) in [4.78, 5) is 13.6. The van der Waals surface area contributed by atoms with Crippen molar-refractivity contribution in [1.82, 2.24) is 4.90 Å². The molecule has 2 rings (SSSR count). The lowest BCUT2D eigenvalue weighted by Crippen LogP contribution is -2.36. The Bertz CT molecular complexity index is 481. The number of hydrogen-bond acceptors (Lipinski definition) is 3. The average molecular weight is 295 g/mol. The van der Waals surface area contributed by atoms with E-state index in [1.165, 1.54) is 12.1 Å². The maximum atomic E-state index is 12.8.